The van der Waals surface area contributed by atoms with Crippen molar-refractivity contribution in [2.75, 3.05) is 7.11 Å². The molecular formula is C22H19ClFN3O2. The molecule has 0 radical (unpaired) electrons. The van der Waals surface area contributed by atoms with Crippen LogP contribution in [0.25, 0.3) is 5.57 Å². The van der Waals surface area contributed by atoms with Gasteiger partial charge in [-0.3, -0.25) is 4.90 Å². The van der Waals surface area contributed by atoms with Gasteiger partial charge in [0.2, 0.25) is 0 Å². The van der Waals surface area contributed by atoms with Gasteiger partial charge in [0.25, 0.3) is 0 Å². The van der Waals surface area contributed by atoms with Gasteiger partial charge in [-0.2, -0.15) is 5.26 Å². The molecule has 2 amide bonds. The molecule has 0 fully saturated rings. The Hall–Kier alpha value is -3.30. The van der Waals surface area contributed by atoms with E-state index in [4.69, 9.17) is 22.1 Å². The van der Waals surface area contributed by atoms with Crippen LogP contribution >= 0.6 is 11.6 Å². The smallest absolute Gasteiger partial charge is 0.323 e. The fourth-order valence-electron chi connectivity index (χ4n) is 3.79. The maximum atomic E-state index is 15.0. The van der Waals surface area contributed by atoms with Gasteiger partial charge in [-0.1, -0.05) is 35.9 Å². The molecule has 1 heterocycles. The summed E-state index contributed by atoms with van der Waals surface area (Å²) in [5.74, 6) is -0.776. The third kappa shape index (κ3) is 3.45. The summed E-state index contributed by atoms with van der Waals surface area (Å²) >= 11 is 5.93. The Bertz CT molecular complexity index is 1100. The van der Waals surface area contributed by atoms with E-state index in [-0.39, 0.29) is 16.2 Å². The number of nitrogens with two attached hydrogens (primary N) is 1. The highest BCUT2D eigenvalue weighted by atomic mass is 35.5. The summed E-state index contributed by atoms with van der Waals surface area (Å²) < 4.78 is 20.4. The third-order valence-corrected chi connectivity index (χ3v) is 5.27. The molecule has 0 saturated carbocycles. The Morgan fingerprint density at radius 1 is 1.24 bits per heavy atom. The number of urea groups is 1. The lowest BCUT2D eigenvalue weighted by Gasteiger charge is -2.36. The van der Waals surface area contributed by atoms with Crippen molar-refractivity contribution in [3.8, 4) is 11.8 Å². The van der Waals surface area contributed by atoms with E-state index >= 15 is 0 Å². The van der Waals surface area contributed by atoms with Gasteiger partial charge in [0, 0.05) is 27.5 Å². The number of nitriles is 1. The van der Waals surface area contributed by atoms with E-state index in [9.17, 15) is 14.4 Å². The minimum atomic E-state index is -0.760. The van der Waals surface area contributed by atoms with Crippen LogP contribution in [0.3, 0.4) is 0 Å². The highest BCUT2D eigenvalue weighted by molar-refractivity contribution is 6.30. The molecule has 2 N–H and O–H groups in total. The Labute approximate surface area is 173 Å². The van der Waals surface area contributed by atoms with Crippen LogP contribution in [-0.2, 0) is 0 Å². The van der Waals surface area contributed by atoms with Crippen molar-refractivity contribution < 1.29 is 13.9 Å². The Morgan fingerprint density at radius 2 is 1.93 bits per heavy atom. The summed E-state index contributed by atoms with van der Waals surface area (Å²) in [6, 6.07) is 12.9. The second-order valence-corrected chi connectivity index (χ2v) is 7.02. The first-order valence-electron chi connectivity index (χ1n) is 8.81. The predicted octanol–water partition coefficient (Wildman–Crippen LogP) is 5.19. The molecule has 1 aliphatic heterocycles. The largest absolute Gasteiger partial charge is 0.496 e. The van der Waals surface area contributed by atoms with Crippen LogP contribution in [0.4, 0.5) is 9.18 Å². The van der Waals surface area contributed by atoms with E-state index in [0.717, 1.165) is 0 Å². The number of benzene rings is 2. The zero-order valence-corrected chi connectivity index (χ0v) is 16.9. The van der Waals surface area contributed by atoms with Gasteiger partial charge < -0.3 is 10.5 Å². The molecule has 0 saturated heterocycles. The minimum absolute atomic E-state index is 0.219. The van der Waals surface area contributed by atoms with Crippen molar-refractivity contribution >= 4 is 23.2 Å². The Balaban J connectivity index is 2.41. The van der Waals surface area contributed by atoms with Gasteiger partial charge in [0.05, 0.1) is 24.7 Å². The molecule has 7 heteroatoms. The molecule has 1 unspecified atom stereocenters. The van der Waals surface area contributed by atoms with E-state index < -0.39 is 17.8 Å². The molecule has 1 atom stereocenters. The maximum absolute atomic E-state index is 15.0. The molecule has 2 aromatic rings. The van der Waals surface area contributed by atoms with E-state index in [2.05, 4.69) is 6.07 Å². The van der Waals surface area contributed by atoms with Crippen molar-refractivity contribution in [1.82, 2.24) is 4.90 Å². The molecule has 0 spiro atoms. The number of halogens is 2. The normalized spacial score (nSPS) is 16.7. The number of nitrogens with zero attached hydrogens (tertiary/aromatic N) is 2. The number of primary amides is 1. The fourth-order valence-corrected chi connectivity index (χ4v) is 3.95. The van der Waals surface area contributed by atoms with Crippen LogP contribution in [0.1, 0.15) is 30.9 Å². The number of para-hydroxylation sites is 1. The van der Waals surface area contributed by atoms with Gasteiger partial charge in [-0.05, 0) is 37.6 Å². The Morgan fingerprint density at radius 3 is 2.52 bits per heavy atom. The summed E-state index contributed by atoms with van der Waals surface area (Å²) in [5, 5.41) is 10.2. The minimum Gasteiger partial charge on any atom is -0.496 e. The molecule has 0 bridgehead atoms. The predicted molar refractivity (Wildman–Crippen MR) is 109 cm³/mol. The van der Waals surface area contributed by atoms with Gasteiger partial charge in [0.15, 0.2) is 0 Å². The average molecular weight is 412 g/mol. The molecule has 5 nitrogen and oxygen atoms in total. The first-order chi connectivity index (χ1) is 13.8. The van der Waals surface area contributed by atoms with Crippen LogP contribution in [0.15, 0.2) is 59.4 Å². The molecule has 3 rings (SSSR count). The standard InChI is InChI=1S/C22H19ClFN3O2/c1-12-17(11-25)21(15-9-8-14(23)10-18(15)24)20(13(2)27(12)22(26)28)16-6-4-5-7-19(16)29-3/h4-10,21H,1-3H3,(H2,26,28). The lowest BCUT2D eigenvalue weighted by Crippen LogP contribution is -2.37. The molecule has 1 aliphatic rings. The zero-order chi connectivity index (χ0) is 21.3. The van der Waals surface area contributed by atoms with Gasteiger partial charge >= 0.3 is 6.03 Å². The van der Waals surface area contributed by atoms with Crippen molar-refractivity contribution in [3.63, 3.8) is 0 Å². The van der Waals surface area contributed by atoms with Crippen LogP contribution in [0.2, 0.25) is 5.02 Å². The molecule has 148 valence electrons. The number of carbonyl (C=O) groups excluding carboxylic acids is 1. The van der Waals surface area contributed by atoms with Crippen LogP contribution < -0.4 is 10.5 Å². The third-order valence-electron chi connectivity index (χ3n) is 5.04. The molecule has 29 heavy (non-hydrogen) atoms. The number of ether oxygens (including phenoxy) is 1. The lowest BCUT2D eigenvalue weighted by molar-refractivity contribution is 0.229. The first kappa shape index (κ1) is 20.4. The van der Waals surface area contributed by atoms with E-state index in [0.29, 0.717) is 28.3 Å². The number of carbonyl (C=O) groups is 1. The lowest BCUT2D eigenvalue weighted by atomic mass is 9.77. The first-order valence-corrected chi connectivity index (χ1v) is 9.19. The number of hydrogen-bond acceptors (Lipinski definition) is 3. The number of allylic oxidation sites excluding steroid dienone is 4. The quantitative estimate of drug-likeness (QED) is 0.754. The molecular weight excluding hydrogens is 393 g/mol. The highest BCUT2D eigenvalue weighted by Gasteiger charge is 2.37. The summed E-state index contributed by atoms with van der Waals surface area (Å²) in [6.45, 7) is 3.33. The van der Waals surface area contributed by atoms with Crippen molar-refractivity contribution in [1.29, 1.82) is 5.26 Å². The van der Waals surface area contributed by atoms with Gasteiger partial charge in [-0.15, -0.1) is 0 Å². The van der Waals surface area contributed by atoms with Gasteiger partial charge in [0.1, 0.15) is 11.6 Å². The summed E-state index contributed by atoms with van der Waals surface area (Å²) in [4.78, 5) is 13.4. The highest BCUT2D eigenvalue weighted by Crippen LogP contribution is 2.48. The second-order valence-electron chi connectivity index (χ2n) is 6.58. The number of amides is 2. The van der Waals surface area contributed by atoms with Crippen LogP contribution in [-0.4, -0.2) is 18.0 Å². The SMILES string of the molecule is COc1ccccc1C1=C(C)N(C(N)=O)C(C)=C(C#N)C1c1ccc(Cl)cc1F. The van der Waals surface area contributed by atoms with Crippen molar-refractivity contribution in [2.45, 2.75) is 19.8 Å². The second kappa shape index (κ2) is 7.98. The number of methoxy groups -OCH3 is 1. The molecule has 0 aliphatic carbocycles. The Kier molecular flexibility index (Phi) is 5.62. The van der Waals surface area contributed by atoms with E-state index in [1.165, 1.54) is 18.1 Å². The van der Waals surface area contributed by atoms with Gasteiger partial charge in [-0.25, -0.2) is 9.18 Å². The topological polar surface area (TPSA) is 79.3 Å². The summed E-state index contributed by atoms with van der Waals surface area (Å²) in [6.07, 6.45) is 0. The number of hydrogen-bond donors (Lipinski definition) is 1. The zero-order valence-electron chi connectivity index (χ0n) is 16.2. The summed E-state index contributed by atoms with van der Waals surface area (Å²) in [5.41, 5.74) is 8.14. The van der Waals surface area contributed by atoms with E-state index in [1.807, 2.05) is 0 Å². The van der Waals surface area contributed by atoms with Crippen molar-refractivity contribution in [2.24, 2.45) is 5.73 Å². The molecule has 2 aromatic carbocycles. The maximum Gasteiger partial charge on any atom is 0.323 e. The van der Waals surface area contributed by atoms with Crippen LogP contribution in [0.5, 0.6) is 5.75 Å². The average Bonchev–Trinajstić information content (AvgIpc) is 2.67. The van der Waals surface area contributed by atoms with Crippen LogP contribution in [0, 0.1) is 17.1 Å². The number of rotatable bonds is 3. The fraction of sp³-hybridized carbons (Fsp3) is 0.182. The van der Waals surface area contributed by atoms with E-state index in [1.54, 1.807) is 50.2 Å². The summed E-state index contributed by atoms with van der Waals surface area (Å²) in [7, 11) is 1.52. The monoisotopic (exact) mass is 411 g/mol. The molecule has 0 aromatic heterocycles. The van der Waals surface area contributed by atoms with Crippen molar-refractivity contribution in [3.05, 3.63) is 81.4 Å².